The normalized spacial score (nSPS) is 30.4. The Morgan fingerprint density at radius 3 is 2.64 bits per heavy atom. The van der Waals surface area contributed by atoms with Crippen molar-refractivity contribution >= 4 is 29.4 Å². The molecule has 4 aliphatic rings. The molecule has 1 saturated heterocycles. The van der Waals surface area contributed by atoms with Crippen LogP contribution in [0.3, 0.4) is 0 Å². The highest BCUT2D eigenvalue weighted by Crippen LogP contribution is 2.54. The number of carbonyl (C=O) groups is 3. The third-order valence-electron chi connectivity index (χ3n) is 8.62. The van der Waals surface area contributed by atoms with Gasteiger partial charge in [0.15, 0.2) is 0 Å². The van der Waals surface area contributed by atoms with Gasteiger partial charge in [0, 0.05) is 36.6 Å². The van der Waals surface area contributed by atoms with E-state index in [0.717, 1.165) is 31.2 Å². The first kappa shape index (κ1) is 22.5. The zero-order chi connectivity index (χ0) is 23.5. The van der Waals surface area contributed by atoms with Gasteiger partial charge in [0.05, 0.1) is 17.4 Å². The molecule has 178 valence electrons. The zero-order valence-electron chi connectivity index (χ0n) is 19.0. The number of phenolic OH excluding ortho intramolecular Hbond substituents is 1. The number of likely N-dealkylation sites (tertiary alicyclic amines) is 1. The van der Waals surface area contributed by atoms with Gasteiger partial charge < -0.3 is 20.0 Å². The molecule has 2 saturated carbocycles. The minimum Gasteiger partial charge on any atom is -0.508 e. The van der Waals surface area contributed by atoms with Crippen LogP contribution in [-0.4, -0.2) is 57.4 Å². The van der Waals surface area contributed by atoms with Crippen LogP contribution in [0.15, 0.2) is 12.1 Å². The first-order chi connectivity index (χ1) is 15.7. The Morgan fingerprint density at radius 2 is 1.97 bits per heavy atom. The topological polar surface area (TPSA) is 98.2 Å². The lowest BCUT2D eigenvalue weighted by Gasteiger charge is -2.45. The molecule has 2 heterocycles. The van der Waals surface area contributed by atoms with E-state index in [2.05, 4.69) is 0 Å². The summed E-state index contributed by atoms with van der Waals surface area (Å²) in [4.78, 5) is 42.4. The third kappa shape index (κ3) is 3.69. The van der Waals surface area contributed by atoms with Gasteiger partial charge in [0.25, 0.3) is 0 Å². The van der Waals surface area contributed by atoms with Gasteiger partial charge in [-0.3, -0.25) is 14.4 Å². The maximum Gasteiger partial charge on any atom is 0.310 e. The van der Waals surface area contributed by atoms with E-state index in [1.54, 1.807) is 17.9 Å². The minimum atomic E-state index is -1.11. The molecular formula is C25H31ClN2O5. The number of halogens is 1. The molecule has 2 N–H and O–H groups in total. The fourth-order valence-electron chi connectivity index (χ4n) is 6.30. The van der Waals surface area contributed by atoms with Crippen molar-refractivity contribution in [3.63, 3.8) is 0 Å². The number of aliphatic carboxylic acids is 1. The van der Waals surface area contributed by atoms with Crippen LogP contribution in [0.4, 0.5) is 0 Å². The molecule has 8 heteroatoms. The van der Waals surface area contributed by atoms with Crippen molar-refractivity contribution in [2.45, 2.75) is 64.3 Å². The summed E-state index contributed by atoms with van der Waals surface area (Å²) in [5, 5.41) is 21.3. The largest absolute Gasteiger partial charge is 0.508 e. The fourth-order valence-corrected chi connectivity index (χ4v) is 6.56. The van der Waals surface area contributed by atoms with Crippen molar-refractivity contribution in [2.75, 3.05) is 19.6 Å². The van der Waals surface area contributed by atoms with Crippen LogP contribution in [-0.2, 0) is 20.8 Å². The molecule has 1 aromatic carbocycles. The number of benzene rings is 1. The number of carboxylic acid groups (broad SMARTS) is 1. The zero-order valence-corrected chi connectivity index (χ0v) is 19.7. The van der Waals surface area contributed by atoms with Gasteiger partial charge in [-0.15, -0.1) is 0 Å². The third-order valence-corrected chi connectivity index (χ3v) is 8.98. The standard InChI is InChI=1S/C25H31ClN2O5/c1-24(23(32)33)8-3-2-4-16(24)22(31)28-11-7-15-17(26)5-6-19(29)21(15)18(28)13-27-14-25(9-10-25)12-20(27)30/h5-6,16,18,29H,2-4,7-14H2,1H3,(H,32,33)/t16-,18+,24-/m0/s1. The number of fused-ring (bicyclic) bond motifs is 1. The summed E-state index contributed by atoms with van der Waals surface area (Å²) in [7, 11) is 0. The van der Waals surface area contributed by atoms with Crippen molar-refractivity contribution in [1.29, 1.82) is 0 Å². The number of hydrogen-bond donors (Lipinski definition) is 2. The maximum absolute atomic E-state index is 13.9. The molecule has 1 aromatic rings. The molecule has 2 aliphatic carbocycles. The maximum atomic E-state index is 13.9. The summed E-state index contributed by atoms with van der Waals surface area (Å²) >= 11 is 6.47. The van der Waals surface area contributed by atoms with E-state index in [1.165, 1.54) is 6.07 Å². The molecule has 0 bridgehead atoms. The van der Waals surface area contributed by atoms with Crippen molar-refractivity contribution in [2.24, 2.45) is 16.7 Å². The summed E-state index contributed by atoms with van der Waals surface area (Å²) in [5.41, 5.74) is 0.381. The lowest BCUT2D eigenvalue weighted by molar-refractivity contribution is -0.162. The van der Waals surface area contributed by atoms with Gasteiger partial charge >= 0.3 is 5.97 Å². The predicted octanol–water partition coefficient (Wildman–Crippen LogP) is 3.77. The van der Waals surface area contributed by atoms with Gasteiger partial charge in [0.2, 0.25) is 11.8 Å². The van der Waals surface area contributed by atoms with Gasteiger partial charge in [-0.25, -0.2) is 0 Å². The van der Waals surface area contributed by atoms with Crippen LogP contribution in [0.2, 0.25) is 5.02 Å². The van der Waals surface area contributed by atoms with Gasteiger partial charge in [0.1, 0.15) is 5.75 Å². The van der Waals surface area contributed by atoms with Gasteiger partial charge in [-0.2, -0.15) is 0 Å². The summed E-state index contributed by atoms with van der Waals surface area (Å²) in [6.45, 7) is 3.04. The molecule has 0 aromatic heterocycles. The number of carboxylic acids is 1. The lowest BCUT2D eigenvalue weighted by atomic mass is 9.66. The molecule has 3 fully saturated rings. The Kier molecular flexibility index (Phi) is 5.39. The van der Waals surface area contributed by atoms with E-state index in [1.807, 2.05) is 4.90 Å². The van der Waals surface area contributed by atoms with E-state index in [9.17, 15) is 24.6 Å². The second-order valence-corrected chi connectivity index (χ2v) is 11.1. The molecule has 5 rings (SSSR count). The number of carbonyl (C=O) groups excluding carboxylic acids is 2. The molecule has 0 radical (unpaired) electrons. The smallest absolute Gasteiger partial charge is 0.310 e. The number of amides is 2. The van der Waals surface area contributed by atoms with Crippen LogP contribution < -0.4 is 0 Å². The Hall–Kier alpha value is -2.28. The Balaban J connectivity index is 1.51. The van der Waals surface area contributed by atoms with Gasteiger partial charge in [-0.05, 0) is 62.1 Å². The van der Waals surface area contributed by atoms with E-state index in [4.69, 9.17) is 11.6 Å². The van der Waals surface area contributed by atoms with Crippen LogP contribution in [0, 0.1) is 16.7 Å². The predicted molar refractivity (Wildman–Crippen MR) is 122 cm³/mol. The highest BCUT2D eigenvalue weighted by molar-refractivity contribution is 6.31. The molecule has 0 unspecified atom stereocenters. The second-order valence-electron chi connectivity index (χ2n) is 10.7. The molecule has 3 atom stereocenters. The summed E-state index contributed by atoms with van der Waals surface area (Å²) < 4.78 is 0. The summed E-state index contributed by atoms with van der Waals surface area (Å²) in [6.07, 6.45) is 5.74. The number of phenols is 1. The van der Waals surface area contributed by atoms with Crippen molar-refractivity contribution < 1.29 is 24.6 Å². The average molecular weight is 475 g/mol. The second kappa shape index (κ2) is 7.90. The van der Waals surface area contributed by atoms with Crippen LogP contribution in [0.25, 0.3) is 0 Å². The minimum absolute atomic E-state index is 0.0642. The van der Waals surface area contributed by atoms with E-state index in [-0.39, 0.29) is 23.0 Å². The molecule has 2 amide bonds. The van der Waals surface area contributed by atoms with E-state index < -0.39 is 23.3 Å². The van der Waals surface area contributed by atoms with E-state index >= 15 is 0 Å². The van der Waals surface area contributed by atoms with Crippen LogP contribution in [0.1, 0.15) is 69.0 Å². The van der Waals surface area contributed by atoms with Crippen LogP contribution in [0.5, 0.6) is 5.75 Å². The molecular weight excluding hydrogens is 444 g/mol. The monoisotopic (exact) mass is 474 g/mol. The van der Waals surface area contributed by atoms with Gasteiger partial charge in [-0.1, -0.05) is 24.4 Å². The number of nitrogens with zero attached hydrogens (tertiary/aromatic N) is 2. The average Bonchev–Trinajstić information content (AvgIpc) is 3.46. The summed E-state index contributed by atoms with van der Waals surface area (Å²) in [6, 6.07) is 2.66. The number of rotatable bonds is 4. The van der Waals surface area contributed by atoms with Crippen molar-refractivity contribution in [3.8, 4) is 5.75 Å². The first-order valence-electron chi connectivity index (χ1n) is 12.0. The highest BCUT2D eigenvalue weighted by Gasteiger charge is 2.53. The SMILES string of the molecule is C[C@]1(C(=O)O)CCCC[C@H]1C(=O)N1CCc2c(Cl)ccc(O)c2[C@H]1CN1CC2(CC2)CC1=O. The van der Waals surface area contributed by atoms with E-state index in [0.29, 0.717) is 55.9 Å². The van der Waals surface area contributed by atoms with Crippen molar-refractivity contribution in [3.05, 3.63) is 28.3 Å². The summed E-state index contributed by atoms with van der Waals surface area (Å²) in [5.74, 6) is -1.61. The molecule has 1 spiro atoms. The van der Waals surface area contributed by atoms with Crippen molar-refractivity contribution in [1.82, 2.24) is 9.80 Å². The molecule has 7 nitrogen and oxygen atoms in total. The first-order valence-corrected chi connectivity index (χ1v) is 12.3. The highest BCUT2D eigenvalue weighted by atomic mass is 35.5. The molecule has 33 heavy (non-hydrogen) atoms. The quantitative estimate of drug-likeness (QED) is 0.692. The lowest BCUT2D eigenvalue weighted by Crippen LogP contribution is -2.52. The number of hydrogen-bond acceptors (Lipinski definition) is 4. The Morgan fingerprint density at radius 1 is 1.21 bits per heavy atom. The van der Waals surface area contributed by atoms with Crippen LogP contribution >= 0.6 is 11.6 Å². The number of aromatic hydroxyl groups is 1. The molecule has 2 aliphatic heterocycles. The fraction of sp³-hybridized carbons (Fsp3) is 0.640. The Labute approximate surface area is 198 Å². The Bertz CT molecular complexity index is 1020.